The number of halogens is 1. The highest BCUT2D eigenvalue weighted by Gasteiger charge is 2.27. The minimum Gasteiger partial charge on any atom is -0.382 e. The lowest BCUT2D eigenvalue weighted by atomic mass is 9.93. The molecule has 0 atom stereocenters. The standard InChI is InChI=1S/C15H20BrN5O/c1-9(2)15(22)20-5-3-10(4-6-20)12-7-11(16)13-14(17)18-8-19-21(12)13/h7-10H,3-6H2,1-2H3,(H2,17,18,19). The molecule has 22 heavy (non-hydrogen) atoms. The van der Waals surface area contributed by atoms with Crippen molar-refractivity contribution in [2.45, 2.75) is 32.6 Å². The van der Waals surface area contributed by atoms with Crippen LogP contribution in [0.2, 0.25) is 0 Å². The van der Waals surface area contributed by atoms with Crippen LogP contribution in [0.15, 0.2) is 16.9 Å². The van der Waals surface area contributed by atoms with Crippen molar-refractivity contribution in [3.8, 4) is 0 Å². The average molecular weight is 366 g/mol. The summed E-state index contributed by atoms with van der Waals surface area (Å²) in [5.74, 6) is 1.16. The number of nitrogens with zero attached hydrogens (tertiary/aromatic N) is 4. The number of hydrogen-bond acceptors (Lipinski definition) is 4. The summed E-state index contributed by atoms with van der Waals surface area (Å²) in [4.78, 5) is 18.1. The van der Waals surface area contributed by atoms with Crippen molar-refractivity contribution in [2.24, 2.45) is 5.92 Å². The maximum Gasteiger partial charge on any atom is 0.225 e. The zero-order valence-electron chi connectivity index (χ0n) is 12.8. The van der Waals surface area contributed by atoms with Gasteiger partial charge in [-0.05, 0) is 34.8 Å². The Hall–Kier alpha value is -1.63. The van der Waals surface area contributed by atoms with Gasteiger partial charge in [-0.25, -0.2) is 9.50 Å². The smallest absolute Gasteiger partial charge is 0.225 e. The molecule has 1 amide bonds. The van der Waals surface area contributed by atoms with E-state index in [1.165, 1.54) is 6.33 Å². The lowest BCUT2D eigenvalue weighted by molar-refractivity contribution is -0.135. The molecule has 2 N–H and O–H groups in total. The number of fused-ring (bicyclic) bond motifs is 1. The van der Waals surface area contributed by atoms with Gasteiger partial charge in [-0.3, -0.25) is 4.79 Å². The summed E-state index contributed by atoms with van der Waals surface area (Å²) in [5.41, 5.74) is 7.89. The Morgan fingerprint density at radius 3 is 2.73 bits per heavy atom. The van der Waals surface area contributed by atoms with E-state index in [1.54, 1.807) is 0 Å². The lowest BCUT2D eigenvalue weighted by Crippen LogP contribution is -2.40. The second-order valence-electron chi connectivity index (χ2n) is 6.08. The Morgan fingerprint density at radius 1 is 1.41 bits per heavy atom. The summed E-state index contributed by atoms with van der Waals surface area (Å²) in [6, 6.07) is 2.07. The van der Waals surface area contributed by atoms with Crippen LogP contribution < -0.4 is 5.73 Å². The van der Waals surface area contributed by atoms with Crippen molar-refractivity contribution in [1.29, 1.82) is 0 Å². The topological polar surface area (TPSA) is 76.5 Å². The van der Waals surface area contributed by atoms with E-state index in [9.17, 15) is 4.79 Å². The molecule has 2 aromatic heterocycles. The zero-order chi connectivity index (χ0) is 15.9. The second-order valence-corrected chi connectivity index (χ2v) is 6.93. The van der Waals surface area contributed by atoms with Gasteiger partial charge in [0.2, 0.25) is 5.91 Å². The molecule has 1 aliphatic rings. The molecule has 118 valence electrons. The fourth-order valence-corrected chi connectivity index (χ4v) is 3.70. The molecule has 1 fully saturated rings. The van der Waals surface area contributed by atoms with Crippen molar-refractivity contribution >= 4 is 33.2 Å². The minimum atomic E-state index is 0.0624. The number of carbonyl (C=O) groups is 1. The third kappa shape index (κ3) is 2.58. The Morgan fingerprint density at radius 2 is 2.09 bits per heavy atom. The summed E-state index contributed by atoms with van der Waals surface area (Å²) in [6.45, 7) is 5.50. The summed E-state index contributed by atoms with van der Waals surface area (Å²) >= 11 is 3.54. The van der Waals surface area contributed by atoms with Gasteiger partial charge in [0.1, 0.15) is 11.8 Å². The van der Waals surface area contributed by atoms with Crippen LogP contribution in [0.25, 0.3) is 5.52 Å². The lowest BCUT2D eigenvalue weighted by Gasteiger charge is -2.32. The summed E-state index contributed by atoms with van der Waals surface area (Å²) in [7, 11) is 0. The van der Waals surface area contributed by atoms with Crippen molar-refractivity contribution in [1.82, 2.24) is 19.5 Å². The molecular weight excluding hydrogens is 346 g/mol. The zero-order valence-corrected chi connectivity index (χ0v) is 14.4. The number of rotatable bonds is 2. The van der Waals surface area contributed by atoms with E-state index in [0.717, 1.165) is 41.6 Å². The maximum absolute atomic E-state index is 12.1. The number of piperidine rings is 1. The molecule has 0 radical (unpaired) electrons. The van der Waals surface area contributed by atoms with E-state index >= 15 is 0 Å². The first kappa shape index (κ1) is 15.3. The molecule has 0 unspecified atom stereocenters. The molecule has 0 bridgehead atoms. The highest BCUT2D eigenvalue weighted by Crippen LogP contribution is 2.34. The molecule has 3 heterocycles. The second kappa shape index (κ2) is 5.87. The van der Waals surface area contributed by atoms with E-state index in [4.69, 9.17) is 5.73 Å². The van der Waals surface area contributed by atoms with E-state index < -0.39 is 0 Å². The normalized spacial score (nSPS) is 16.6. The van der Waals surface area contributed by atoms with Gasteiger partial charge in [0.15, 0.2) is 5.82 Å². The van der Waals surface area contributed by atoms with Crippen molar-refractivity contribution in [3.05, 3.63) is 22.6 Å². The van der Waals surface area contributed by atoms with Gasteiger partial charge in [0.25, 0.3) is 0 Å². The number of nitrogens with two attached hydrogens (primary N) is 1. The van der Waals surface area contributed by atoms with Crippen LogP contribution in [0.5, 0.6) is 0 Å². The Bertz CT molecular complexity index is 703. The predicted octanol–water partition coefficient (Wildman–Crippen LogP) is 2.44. The van der Waals surface area contributed by atoms with Crippen molar-refractivity contribution in [2.75, 3.05) is 18.8 Å². The first-order chi connectivity index (χ1) is 10.5. The molecule has 0 saturated carbocycles. The van der Waals surface area contributed by atoms with E-state index in [1.807, 2.05) is 23.3 Å². The Labute approximate surface area is 137 Å². The average Bonchev–Trinajstić information content (AvgIpc) is 2.85. The van der Waals surface area contributed by atoms with Gasteiger partial charge >= 0.3 is 0 Å². The molecule has 3 rings (SSSR count). The van der Waals surface area contributed by atoms with Crippen LogP contribution in [-0.2, 0) is 4.79 Å². The largest absolute Gasteiger partial charge is 0.382 e. The molecule has 0 aromatic carbocycles. The fourth-order valence-electron chi connectivity index (χ4n) is 3.10. The van der Waals surface area contributed by atoms with E-state index in [-0.39, 0.29) is 11.8 Å². The first-order valence-corrected chi connectivity index (χ1v) is 8.34. The number of likely N-dealkylation sites (tertiary alicyclic amines) is 1. The third-order valence-corrected chi connectivity index (χ3v) is 4.89. The van der Waals surface area contributed by atoms with Crippen LogP contribution in [0.3, 0.4) is 0 Å². The SMILES string of the molecule is CC(C)C(=O)N1CCC(c2cc(Br)c3c(N)ncnn23)CC1. The van der Waals surface area contributed by atoms with Crippen LogP contribution in [0, 0.1) is 5.92 Å². The van der Waals surface area contributed by atoms with Gasteiger partial charge in [-0.15, -0.1) is 0 Å². The maximum atomic E-state index is 12.1. The number of carbonyl (C=O) groups excluding carboxylic acids is 1. The minimum absolute atomic E-state index is 0.0624. The molecule has 7 heteroatoms. The van der Waals surface area contributed by atoms with Crippen LogP contribution >= 0.6 is 15.9 Å². The number of nitrogen functional groups attached to an aromatic ring is 1. The first-order valence-electron chi connectivity index (χ1n) is 7.55. The molecule has 2 aromatic rings. The number of amides is 1. The van der Waals surface area contributed by atoms with Crippen LogP contribution in [-0.4, -0.2) is 38.5 Å². The predicted molar refractivity (Wildman–Crippen MR) is 88.5 cm³/mol. The monoisotopic (exact) mass is 365 g/mol. The summed E-state index contributed by atoms with van der Waals surface area (Å²) < 4.78 is 2.79. The number of hydrogen-bond donors (Lipinski definition) is 1. The molecule has 0 aliphatic carbocycles. The quantitative estimate of drug-likeness (QED) is 0.886. The summed E-state index contributed by atoms with van der Waals surface area (Å²) in [6.07, 6.45) is 3.37. The van der Waals surface area contributed by atoms with Gasteiger partial charge in [-0.1, -0.05) is 13.8 Å². The van der Waals surface area contributed by atoms with Crippen LogP contribution in [0.1, 0.15) is 38.3 Å². The van der Waals surface area contributed by atoms with Crippen molar-refractivity contribution in [3.63, 3.8) is 0 Å². The molecule has 0 spiro atoms. The highest BCUT2D eigenvalue weighted by atomic mass is 79.9. The van der Waals surface area contributed by atoms with Crippen molar-refractivity contribution < 1.29 is 4.79 Å². The Balaban J connectivity index is 1.83. The van der Waals surface area contributed by atoms with E-state index in [0.29, 0.717) is 11.7 Å². The van der Waals surface area contributed by atoms with E-state index in [2.05, 4.69) is 32.1 Å². The Kier molecular flexibility index (Phi) is 4.08. The number of anilines is 1. The highest BCUT2D eigenvalue weighted by molar-refractivity contribution is 9.10. The van der Waals surface area contributed by atoms with Crippen LogP contribution in [0.4, 0.5) is 5.82 Å². The molecule has 1 aliphatic heterocycles. The molecule has 6 nitrogen and oxygen atoms in total. The molecular formula is C15H20BrN5O. The number of aromatic nitrogens is 3. The third-order valence-electron chi connectivity index (χ3n) is 4.28. The van der Waals surface area contributed by atoms with Gasteiger partial charge in [-0.2, -0.15) is 5.10 Å². The fraction of sp³-hybridized carbons (Fsp3) is 0.533. The van der Waals surface area contributed by atoms with Gasteiger partial charge in [0, 0.05) is 35.1 Å². The summed E-state index contributed by atoms with van der Waals surface area (Å²) in [5, 5.41) is 4.34. The van der Waals surface area contributed by atoms with Gasteiger partial charge in [0.05, 0.1) is 0 Å². The molecule has 1 saturated heterocycles. The van der Waals surface area contributed by atoms with Gasteiger partial charge < -0.3 is 10.6 Å².